The van der Waals surface area contributed by atoms with Crippen LogP contribution >= 0.6 is 11.3 Å². The van der Waals surface area contributed by atoms with Gasteiger partial charge in [0, 0.05) is 37.4 Å². The van der Waals surface area contributed by atoms with E-state index in [1.54, 1.807) is 55.1 Å². The van der Waals surface area contributed by atoms with Crippen molar-refractivity contribution in [3.8, 4) is 5.75 Å². The van der Waals surface area contributed by atoms with Gasteiger partial charge in [0.1, 0.15) is 5.75 Å². The maximum absolute atomic E-state index is 13.0. The minimum atomic E-state index is -3.77. The fourth-order valence-corrected chi connectivity index (χ4v) is 5.86. The number of thiazole rings is 1. The molecule has 0 atom stereocenters. The van der Waals surface area contributed by atoms with Crippen molar-refractivity contribution in [2.45, 2.75) is 4.90 Å². The predicted molar refractivity (Wildman–Crippen MR) is 138 cm³/mol. The van der Waals surface area contributed by atoms with E-state index < -0.39 is 10.0 Å². The summed E-state index contributed by atoms with van der Waals surface area (Å²) in [5.74, 6) is 0.741. The van der Waals surface area contributed by atoms with Gasteiger partial charge in [0.05, 0.1) is 33.4 Å². The lowest BCUT2D eigenvalue weighted by Crippen LogP contribution is -2.48. The van der Waals surface area contributed by atoms with E-state index in [0.717, 1.165) is 16.1 Å². The van der Waals surface area contributed by atoms with Gasteiger partial charge in [-0.25, -0.2) is 13.4 Å². The molecule has 5 rings (SSSR count). The molecule has 10 heteroatoms. The first-order chi connectivity index (χ1) is 16.9. The number of nitrogens with one attached hydrogen (secondary N) is 1. The molecule has 2 heterocycles. The molecular weight excluding hydrogens is 484 g/mol. The Labute approximate surface area is 207 Å². The summed E-state index contributed by atoms with van der Waals surface area (Å²) in [6.07, 6.45) is 0. The monoisotopic (exact) mass is 508 g/mol. The third-order valence-electron chi connectivity index (χ3n) is 5.99. The Bertz CT molecular complexity index is 1460. The number of anilines is 2. The lowest BCUT2D eigenvalue weighted by atomic mass is 10.1. The normalized spacial score (nSPS) is 14.2. The number of benzene rings is 3. The first kappa shape index (κ1) is 23.1. The van der Waals surface area contributed by atoms with Gasteiger partial charge in [-0.1, -0.05) is 12.1 Å². The van der Waals surface area contributed by atoms with Crippen LogP contribution in [0.5, 0.6) is 5.75 Å². The Morgan fingerprint density at radius 3 is 2.49 bits per heavy atom. The second-order valence-electron chi connectivity index (χ2n) is 8.12. The average Bonchev–Trinajstić information content (AvgIpc) is 3.37. The van der Waals surface area contributed by atoms with Gasteiger partial charge in [-0.05, 0) is 54.6 Å². The number of fused-ring (bicyclic) bond motifs is 1. The number of sulfonamides is 1. The molecule has 180 valence electrons. The van der Waals surface area contributed by atoms with Crippen LogP contribution in [-0.4, -0.2) is 57.5 Å². The highest BCUT2D eigenvalue weighted by molar-refractivity contribution is 7.92. The Morgan fingerprint density at radius 2 is 1.74 bits per heavy atom. The predicted octanol–water partition coefficient (Wildman–Crippen LogP) is 4.07. The molecule has 0 radical (unpaired) electrons. The Balaban J connectivity index is 1.23. The lowest BCUT2D eigenvalue weighted by molar-refractivity contribution is 0.0746. The molecule has 1 saturated heterocycles. The van der Waals surface area contributed by atoms with E-state index in [2.05, 4.69) is 14.6 Å². The van der Waals surface area contributed by atoms with E-state index in [9.17, 15) is 13.2 Å². The number of rotatable bonds is 6. The first-order valence-corrected chi connectivity index (χ1v) is 13.4. The van der Waals surface area contributed by atoms with Gasteiger partial charge < -0.3 is 14.5 Å². The average molecular weight is 509 g/mol. The number of carbonyl (C=O) groups is 1. The van der Waals surface area contributed by atoms with Crippen LogP contribution in [0.25, 0.3) is 10.2 Å². The molecule has 1 aliphatic rings. The van der Waals surface area contributed by atoms with E-state index in [0.29, 0.717) is 42.9 Å². The largest absolute Gasteiger partial charge is 0.495 e. The molecule has 1 aromatic heterocycles. The number of carbonyl (C=O) groups excluding carboxylic acids is 1. The summed E-state index contributed by atoms with van der Waals surface area (Å²) in [4.78, 5) is 21.4. The fourth-order valence-electron chi connectivity index (χ4n) is 4.12. The van der Waals surface area contributed by atoms with Crippen LogP contribution in [0, 0.1) is 0 Å². The SMILES string of the molecule is COc1ccccc1N1CCN(C(=O)c2ccc(NS(=O)(=O)c3ccc4scnc4c3)cc2)CC1. The third-order valence-corrected chi connectivity index (χ3v) is 8.18. The number of ether oxygens (including phenoxy) is 1. The molecule has 3 aromatic carbocycles. The lowest BCUT2D eigenvalue weighted by Gasteiger charge is -2.36. The molecule has 4 aromatic rings. The maximum atomic E-state index is 13.0. The molecule has 1 aliphatic heterocycles. The van der Waals surface area contributed by atoms with Gasteiger partial charge in [0.25, 0.3) is 15.9 Å². The summed E-state index contributed by atoms with van der Waals surface area (Å²) < 4.78 is 34.6. The Hall–Kier alpha value is -3.63. The number of aromatic nitrogens is 1. The molecule has 1 amide bonds. The zero-order valence-electron chi connectivity index (χ0n) is 19.0. The summed E-state index contributed by atoms with van der Waals surface area (Å²) in [5.41, 5.74) is 4.25. The topological polar surface area (TPSA) is 91.8 Å². The molecule has 35 heavy (non-hydrogen) atoms. The molecule has 8 nitrogen and oxygen atoms in total. The standard InChI is InChI=1S/C25H24N4O4S2/c1-33-23-5-3-2-4-22(23)28-12-14-29(15-13-28)25(30)18-6-8-19(9-7-18)27-35(31,32)20-10-11-24-21(16-20)26-17-34-24/h2-11,16-17,27H,12-15H2,1H3. The fraction of sp³-hybridized carbons (Fsp3) is 0.200. The smallest absolute Gasteiger partial charge is 0.261 e. The highest BCUT2D eigenvalue weighted by Gasteiger charge is 2.24. The zero-order chi connectivity index (χ0) is 24.4. The van der Waals surface area contributed by atoms with E-state index in [4.69, 9.17) is 4.74 Å². The van der Waals surface area contributed by atoms with Crippen LogP contribution < -0.4 is 14.4 Å². The second kappa shape index (κ2) is 9.55. The van der Waals surface area contributed by atoms with Gasteiger partial charge in [0.15, 0.2) is 0 Å². The van der Waals surface area contributed by atoms with E-state index >= 15 is 0 Å². The van der Waals surface area contributed by atoms with Gasteiger partial charge in [0.2, 0.25) is 0 Å². The van der Waals surface area contributed by atoms with Crippen LogP contribution in [0.2, 0.25) is 0 Å². The van der Waals surface area contributed by atoms with Crippen LogP contribution in [-0.2, 0) is 10.0 Å². The summed E-state index contributed by atoms with van der Waals surface area (Å²) >= 11 is 1.46. The molecule has 0 unspecified atom stereocenters. The molecule has 0 saturated carbocycles. The number of para-hydroxylation sites is 2. The van der Waals surface area contributed by atoms with Gasteiger partial charge in [-0.3, -0.25) is 9.52 Å². The van der Waals surface area contributed by atoms with Crippen molar-refractivity contribution < 1.29 is 17.9 Å². The van der Waals surface area contributed by atoms with Crippen LogP contribution in [0.4, 0.5) is 11.4 Å². The number of hydrogen-bond donors (Lipinski definition) is 1. The van der Waals surface area contributed by atoms with Gasteiger partial charge in [-0.15, -0.1) is 11.3 Å². The second-order valence-corrected chi connectivity index (χ2v) is 10.7. The van der Waals surface area contributed by atoms with Crippen LogP contribution in [0.1, 0.15) is 10.4 Å². The quantitative estimate of drug-likeness (QED) is 0.422. The summed E-state index contributed by atoms with van der Waals surface area (Å²) in [6.45, 7) is 2.58. The van der Waals surface area contributed by atoms with Crippen LogP contribution in [0.3, 0.4) is 0 Å². The van der Waals surface area contributed by atoms with Crippen molar-refractivity contribution >= 4 is 48.9 Å². The number of nitrogens with zero attached hydrogens (tertiary/aromatic N) is 3. The molecular formula is C25H24N4O4S2. The number of hydrogen-bond acceptors (Lipinski definition) is 7. The highest BCUT2D eigenvalue weighted by atomic mass is 32.2. The Kier molecular flexibility index (Phi) is 6.31. The van der Waals surface area contributed by atoms with Crippen molar-refractivity contribution in [1.29, 1.82) is 0 Å². The van der Waals surface area contributed by atoms with Gasteiger partial charge in [-0.2, -0.15) is 0 Å². The minimum absolute atomic E-state index is 0.0759. The first-order valence-electron chi connectivity index (χ1n) is 11.1. The summed E-state index contributed by atoms with van der Waals surface area (Å²) in [7, 11) is -2.12. The minimum Gasteiger partial charge on any atom is -0.495 e. The third kappa shape index (κ3) is 4.80. The van der Waals surface area contributed by atoms with Crippen molar-refractivity contribution in [1.82, 2.24) is 9.88 Å². The molecule has 0 spiro atoms. The number of methoxy groups -OCH3 is 1. The maximum Gasteiger partial charge on any atom is 0.261 e. The van der Waals surface area contributed by atoms with E-state index in [1.807, 2.05) is 29.2 Å². The molecule has 1 fully saturated rings. The highest BCUT2D eigenvalue weighted by Crippen LogP contribution is 2.29. The molecule has 0 aliphatic carbocycles. The molecule has 1 N–H and O–H groups in total. The Morgan fingerprint density at radius 1 is 1.00 bits per heavy atom. The van der Waals surface area contributed by atoms with Crippen molar-refractivity contribution in [3.05, 3.63) is 77.8 Å². The van der Waals surface area contributed by atoms with E-state index in [1.165, 1.54) is 11.3 Å². The zero-order valence-corrected chi connectivity index (χ0v) is 20.7. The summed E-state index contributed by atoms with van der Waals surface area (Å²) in [6, 6.07) is 19.2. The van der Waals surface area contributed by atoms with Gasteiger partial charge >= 0.3 is 0 Å². The van der Waals surface area contributed by atoms with E-state index in [-0.39, 0.29) is 10.8 Å². The number of piperazine rings is 1. The van der Waals surface area contributed by atoms with Crippen molar-refractivity contribution in [2.24, 2.45) is 0 Å². The summed E-state index contributed by atoms with van der Waals surface area (Å²) in [5, 5.41) is 0. The van der Waals surface area contributed by atoms with Crippen LogP contribution in [0.15, 0.2) is 77.1 Å². The van der Waals surface area contributed by atoms with Crippen molar-refractivity contribution in [2.75, 3.05) is 42.9 Å². The molecule has 0 bridgehead atoms. The van der Waals surface area contributed by atoms with Crippen molar-refractivity contribution in [3.63, 3.8) is 0 Å². The number of amides is 1.